The van der Waals surface area contributed by atoms with Gasteiger partial charge in [0, 0.05) is 12.3 Å². The molecule has 6 heteroatoms. The number of Topliss-reactive ketones (excluding diaryl/α,β-unsaturated/α-hetero) is 1. The van der Waals surface area contributed by atoms with Crippen LogP contribution >= 0.6 is 0 Å². The zero-order chi connectivity index (χ0) is 17.3. The second-order valence-corrected chi connectivity index (χ2v) is 5.70. The average molecular weight is 347 g/mol. The Balaban J connectivity index is 0.00000225. The van der Waals surface area contributed by atoms with E-state index in [2.05, 4.69) is 0 Å². The SMILES string of the molecule is CC(=O)CC(c1ccc(O)cc1)c1c(O)c2ccccc2oc1=O.[Na+]. The van der Waals surface area contributed by atoms with Gasteiger partial charge in [0.15, 0.2) is 0 Å². The van der Waals surface area contributed by atoms with Gasteiger partial charge in [0.05, 0.1) is 10.9 Å². The summed E-state index contributed by atoms with van der Waals surface area (Å²) in [6, 6.07) is 12.9. The first-order chi connectivity index (χ1) is 11.5. The quantitative estimate of drug-likeness (QED) is 0.524. The summed E-state index contributed by atoms with van der Waals surface area (Å²) in [7, 11) is 0. The third-order valence-electron chi connectivity index (χ3n) is 3.96. The third-order valence-corrected chi connectivity index (χ3v) is 3.96. The zero-order valence-electron chi connectivity index (χ0n) is 14.0. The summed E-state index contributed by atoms with van der Waals surface area (Å²) >= 11 is 0. The fraction of sp³-hybridized carbons (Fsp3) is 0.158. The van der Waals surface area contributed by atoms with Gasteiger partial charge in [-0.25, -0.2) is 4.79 Å². The first-order valence-corrected chi connectivity index (χ1v) is 7.50. The standard InChI is InChI=1S/C19H16O5.Na/c1-11(20)10-15(12-6-8-13(21)9-7-12)17-18(22)14-4-2-3-5-16(14)24-19(17)23;/h2-9,15,21-22H,10H2,1H3;/q;+1. The van der Waals surface area contributed by atoms with Crippen LogP contribution in [0.2, 0.25) is 0 Å². The molecule has 0 aliphatic carbocycles. The Hall–Kier alpha value is -2.08. The molecule has 0 fully saturated rings. The van der Waals surface area contributed by atoms with Crippen LogP contribution in [-0.2, 0) is 4.79 Å². The average Bonchev–Trinajstić information content (AvgIpc) is 2.54. The molecule has 0 bridgehead atoms. The normalized spacial score (nSPS) is 11.7. The molecule has 0 spiro atoms. The molecule has 3 rings (SSSR count). The fourth-order valence-electron chi connectivity index (χ4n) is 2.84. The summed E-state index contributed by atoms with van der Waals surface area (Å²) < 4.78 is 5.31. The first-order valence-electron chi connectivity index (χ1n) is 7.50. The number of para-hydroxylation sites is 1. The molecule has 122 valence electrons. The minimum absolute atomic E-state index is 0. The molecule has 1 unspecified atom stereocenters. The predicted molar refractivity (Wildman–Crippen MR) is 89.4 cm³/mol. The molecule has 0 aliphatic heterocycles. The predicted octanol–water partition coefficient (Wildman–Crippen LogP) is 0.319. The van der Waals surface area contributed by atoms with Crippen molar-refractivity contribution in [3.05, 3.63) is 70.1 Å². The van der Waals surface area contributed by atoms with E-state index in [4.69, 9.17) is 4.42 Å². The number of carbonyl (C=O) groups is 1. The number of carbonyl (C=O) groups excluding carboxylic acids is 1. The van der Waals surface area contributed by atoms with Crippen molar-refractivity contribution < 1.29 is 49.0 Å². The van der Waals surface area contributed by atoms with E-state index in [0.717, 1.165) is 0 Å². The van der Waals surface area contributed by atoms with Gasteiger partial charge < -0.3 is 14.6 Å². The molecular formula is C19H16NaO5+. The van der Waals surface area contributed by atoms with Crippen LogP contribution in [0.3, 0.4) is 0 Å². The topological polar surface area (TPSA) is 87.7 Å². The van der Waals surface area contributed by atoms with E-state index in [0.29, 0.717) is 10.9 Å². The molecule has 1 atom stereocenters. The van der Waals surface area contributed by atoms with Crippen LogP contribution in [0.4, 0.5) is 0 Å². The van der Waals surface area contributed by atoms with Crippen LogP contribution in [0.1, 0.15) is 30.4 Å². The molecular weight excluding hydrogens is 331 g/mol. The summed E-state index contributed by atoms with van der Waals surface area (Å²) in [6.07, 6.45) is 0.0431. The van der Waals surface area contributed by atoms with Crippen molar-refractivity contribution in [1.82, 2.24) is 0 Å². The van der Waals surface area contributed by atoms with Crippen molar-refractivity contribution in [2.45, 2.75) is 19.3 Å². The Morgan fingerprint density at radius 3 is 2.36 bits per heavy atom. The van der Waals surface area contributed by atoms with Gasteiger partial charge in [-0.2, -0.15) is 0 Å². The summed E-state index contributed by atoms with van der Waals surface area (Å²) in [5.74, 6) is -0.875. The monoisotopic (exact) mass is 347 g/mol. The summed E-state index contributed by atoms with van der Waals surface area (Å²) in [5.41, 5.74) is 0.303. The van der Waals surface area contributed by atoms with Crippen LogP contribution in [-0.4, -0.2) is 16.0 Å². The van der Waals surface area contributed by atoms with Crippen LogP contribution in [0, 0.1) is 0 Å². The largest absolute Gasteiger partial charge is 1.00 e. The maximum absolute atomic E-state index is 12.4. The van der Waals surface area contributed by atoms with E-state index in [9.17, 15) is 19.8 Å². The molecule has 0 saturated heterocycles. The molecule has 2 N–H and O–H groups in total. The third kappa shape index (κ3) is 3.95. The van der Waals surface area contributed by atoms with E-state index < -0.39 is 11.5 Å². The molecule has 0 radical (unpaired) electrons. The van der Waals surface area contributed by atoms with E-state index in [1.54, 1.807) is 36.4 Å². The molecule has 3 aromatic rings. The van der Waals surface area contributed by atoms with E-state index in [1.807, 2.05) is 0 Å². The van der Waals surface area contributed by atoms with Crippen LogP contribution in [0.5, 0.6) is 11.5 Å². The van der Waals surface area contributed by atoms with Gasteiger partial charge in [-0.3, -0.25) is 4.79 Å². The first kappa shape index (κ1) is 19.2. The Morgan fingerprint density at radius 1 is 1.08 bits per heavy atom. The van der Waals surface area contributed by atoms with Crippen molar-refractivity contribution in [1.29, 1.82) is 0 Å². The zero-order valence-corrected chi connectivity index (χ0v) is 16.0. The number of hydrogen-bond donors (Lipinski definition) is 2. The number of aromatic hydroxyl groups is 2. The Kier molecular flexibility index (Phi) is 6.06. The smallest absolute Gasteiger partial charge is 0.508 e. The second kappa shape index (κ2) is 7.87. The Bertz CT molecular complexity index is 960. The molecule has 1 heterocycles. The second-order valence-electron chi connectivity index (χ2n) is 5.70. The molecule has 25 heavy (non-hydrogen) atoms. The Labute approximate surface area is 166 Å². The summed E-state index contributed by atoms with van der Waals surface area (Å²) in [4.78, 5) is 24.1. The minimum atomic E-state index is -0.675. The van der Waals surface area contributed by atoms with Crippen LogP contribution < -0.4 is 35.2 Å². The van der Waals surface area contributed by atoms with Crippen LogP contribution in [0.15, 0.2) is 57.7 Å². The molecule has 0 amide bonds. The number of phenolic OH excluding ortho intramolecular Hbond substituents is 1. The van der Waals surface area contributed by atoms with Crippen molar-refractivity contribution in [3.63, 3.8) is 0 Å². The van der Waals surface area contributed by atoms with E-state index in [1.165, 1.54) is 19.1 Å². The van der Waals surface area contributed by atoms with Crippen molar-refractivity contribution in [2.24, 2.45) is 0 Å². The van der Waals surface area contributed by atoms with E-state index in [-0.39, 0.29) is 64.4 Å². The maximum atomic E-state index is 12.4. The van der Waals surface area contributed by atoms with E-state index >= 15 is 0 Å². The number of ketones is 1. The van der Waals surface area contributed by atoms with Gasteiger partial charge in [-0.1, -0.05) is 24.3 Å². The number of hydrogen-bond acceptors (Lipinski definition) is 5. The van der Waals surface area contributed by atoms with Gasteiger partial charge >= 0.3 is 35.2 Å². The minimum Gasteiger partial charge on any atom is -0.508 e. The molecule has 1 aromatic heterocycles. The summed E-state index contributed by atoms with van der Waals surface area (Å²) in [5, 5.41) is 20.5. The maximum Gasteiger partial charge on any atom is 1.00 e. The van der Waals surface area contributed by atoms with Crippen LogP contribution in [0.25, 0.3) is 11.0 Å². The number of rotatable bonds is 4. The molecule has 2 aromatic carbocycles. The number of fused-ring (bicyclic) bond motifs is 1. The van der Waals surface area contributed by atoms with Gasteiger partial charge in [-0.05, 0) is 36.8 Å². The molecule has 0 saturated carbocycles. The van der Waals surface area contributed by atoms with Crippen molar-refractivity contribution in [2.75, 3.05) is 0 Å². The van der Waals surface area contributed by atoms with Gasteiger partial charge in [-0.15, -0.1) is 0 Å². The number of phenols is 1. The molecule has 0 aliphatic rings. The number of benzene rings is 2. The summed E-state index contributed by atoms with van der Waals surface area (Å²) in [6.45, 7) is 1.42. The van der Waals surface area contributed by atoms with Gasteiger partial charge in [0.25, 0.3) is 0 Å². The fourth-order valence-corrected chi connectivity index (χ4v) is 2.84. The van der Waals surface area contributed by atoms with Gasteiger partial charge in [0.1, 0.15) is 22.9 Å². The van der Waals surface area contributed by atoms with Crippen molar-refractivity contribution >= 4 is 16.8 Å². The Morgan fingerprint density at radius 2 is 1.72 bits per heavy atom. The molecule has 5 nitrogen and oxygen atoms in total. The van der Waals surface area contributed by atoms with Crippen molar-refractivity contribution in [3.8, 4) is 11.5 Å². The van der Waals surface area contributed by atoms with Gasteiger partial charge in [0.2, 0.25) is 0 Å².